The molecule has 0 aromatic carbocycles. The molecule has 31 heavy (non-hydrogen) atoms. The zero-order valence-electron chi connectivity index (χ0n) is 21.4. The number of rotatable bonds is 4. The van der Waals surface area contributed by atoms with Gasteiger partial charge in [0.05, 0.1) is 6.10 Å². The summed E-state index contributed by atoms with van der Waals surface area (Å²) in [5.74, 6) is 1.65. The molecular weight excluding hydrogens is 376 g/mol. The van der Waals surface area contributed by atoms with Crippen molar-refractivity contribution in [1.29, 1.82) is 0 Å². The fourth-order valence-corrected chi connectivity index (χ4v) is 10.6. The van der Waals surface area contributed by atoms with Crippen molar-refractivity contribution in [2.24, 2.45) is 38.9 Å². The first kappa shape index (κ1) is 22.2. The Balaban J connectivity index is 1.45. The second-order valence-electron chi connectivity index (χ2n) is 13.9. The van der Waals surface area contributed by atoms with Gasteiger partial charge in [0.1, 0.15) is 0 Å². The van der Waals surface area contributed by atoms with E-state index in [0.29, 0.717) is 21.7 Å². The van der Waals surface area contributed by atoms with Gasteiger partial charge in [-0.1, -0.05) is 44.4 Å². The van der Waals surface area contributed by atoms with Gasteiger partial charge in [0.15, 0.2) is 0 Å². The summed E-state index contributed by atoms with van der Waals surface area (Å²) in [7, 11) is 0. The molecule has 0 heterocycles. The van der Waals surface area contributed by atoms with Gasteiger partial charge in [-0.2, -0.15) is 0 Å². The molecule has 5 rings (SSSR count). The van der Waals surface area contributed by atoms with Gasteiger partial charge in [0.2, 0.25) is 0 Å². The molecular formula is C30H48O. The molecule has 0 aromatic heterocycles. The van der Waals surface area contributed by atoms with Gasteiger partial charge >= 0.3 is 0 Å². The molecule has 5 saturated carbocycles. The molecule has 7 unspecified atom stereocenters. The monoisotopic (exact) mass is 424 g/mol. The van der Waals surface area contributed by atoms with E-state index in [0.717, 1.165) is 18.3 Å². The van der Waals surface area contributed by atoms with Crippen LogP contribution >= 0.6 is 0 Å². The van der Waals surface area contributed by atoms with Gasteiger partial charge in [-0.05, 0) is 130 Å². The Morgan fingerprint density at radius 3 is 2.29 bits per heavy atom. The lowest BCUT2D eigenvalue weighted by Gasteiger charge is -2.62. The van der Waals surface area contributed by atoms with E-state index >= 15 is 0 Å². The lowest BCUT2D eigenvalue weighted by atomic mass is 9.42. The third kappa shape index (κ3) is 2.65. The predicted octanol–water partition coefficient (Wildman–Crippen LogP) is 8.23. The van der Waals surface area contributed by atoms with Crippen LogP contribution in [0.4, 0.5) is 0 Å². The van der Waals surface area contributed by atoms with Crippen LogP contribution in [0.5, 0.6) is 0 Å². The van der Waals surface area contributed by atoms with Crippen molar-refractivity contribution < 1.29 is 5.11 Å². The normalized spacial score (nSPS) is 51.3. The van der Waals surface area contributed by atoms with E-state index in [-0.39, 0.29) is 11.5 Å². The maximum absolute atomic E-state index is 10.8. The van der Waals surface area contributed by atoms with Crippen LogP contribution in [0.2, 0.25) is 0 Å². The van der Waals surface area contributed by atoms with Crippen molar-refractivity contribution in [3.63, 3.8) is 0 Å². The summed E-state index contributed by atoms with van der Waals surface area (Å²) < 4.78 is 0. The molecule has 1 N–H and O–H groups in total. The Hall–Kier alpha value is -0.560. The number of allylic oxidation sites excluding steroid dienone is 3. The Morgan fingerprint density at radius 2 is 1.58 bits per heavy atom. The molecule has 5 aliphatic carbocycles. The quantitative estimate of drug-likeness (QED) is 0.450. The van der Waals surface area contributed by atoms with Crippen LogP contribution in [0.3, 0.4) is 0 Å². The maximum atomic E-state index is 10.8. The number of hydrogen-bond acceptors (Lipinski definition) is 1. The Kier molecular flexibility index (Phi) is 4.84. The summed E-state index contributed by atoms with van der Waals surface area (Å²) >= 11 is 0. The Labute approximate surface area is 192 Å². The number of hydrogen-bond donors (Lipinski definition) is 1. The first-order valence-electron chi connectivity index (χ1n) is 13.5. The lowest BCUT2D eigenvalue weighted by Crippen LogP contribution is -2.56. The number of aliphatic hydroxyl groups is 1. The van der Waals surface area contributed by atoms with Gasteiger partial charge in [0.25, 0.3) is 0 Å². The maximum Gasteiger partial charge on any atom is 0.0594 e. The van der Waals surface area contributed by atoms with Crippen LogP contribution in [0, 0.1) is 38.9 Å². The van der Waals surface area contributed by atoms with Crippen LogP contribution in [0.25, 0.3) is 0 Å². The molecule has 0 amide bonds. The van der Waals surface area contributed by atoms with Crippen molar-refractivity contribution in [2.75, 3.05) is 0 Å². The van der Waals surface area contributed by atoms with Crippen LogP contribution < -0.4 is 0 Å². The summed E-state index contributed by atoms with van der Waals surface area (Å²) in [5.41, 5.74) is 7.05. The molecule has 174 valence electrons. The van der Waals surface area contributed by atoms with E-state index in [1.54, 1.807) is 5.57 Å². The molecule has 7 atom stereocenters. The van der Waals surface area contributed by atoms with E-state index in [1.807, 2.05) is 5.57 Å². The fourth-order valence-electron chi connectivity index (χ4n) is 10.6. The molecule has 0 aromatic rings. The van der Waals surface area contributed by atoms with Crippen LogP contribution in [0.15, 0.2) is 23.3 Å². The van der Waals surface area contributed by atoms with Crippen LogP contribution in [-0.2, 0) is 0 Å². The van der Waals surface area contributed by atoms with Crippen molar-refractivity contribution in [3.05, 3.63) is 23.3 Å². The average molecular weight is 425 g/mol. The highest BCUT2D eigenvalue weighted by Crippen LogP contribution is 2.88. The lowest BCUT2D eigenvalue weighted by molar-refractivity contribution is -0.148. The topological polar surface area (TPSA) is 20.2 Å². The first-order chi connectivity index (χ1) is 14.4. The molecule has 0 saturated heterocycles. The van der Waals surface area contributed by atoms with Gasteiger partial charge in [-0.25, -0.2) is 0 Å². The fraction of sp³-hybridized carbons (Fsp3) is 0.867. The average Bonchev–Trinajstić information content (AvgIpc) is 3.27. The SMILES string of the molecule is C=C(C)CCCC(C)=C1CCC2(C)C3CCC4C(C)(C)C(O)CCC45CC35CCC12C. The molecule has 2 spiro atoms. The van der Waals surface area contributed by atoms with Crippen molar-refractivity contribution in [2.45, 2.75) is 125 Å². The molecule has 0 radical (unpaired) electrons. The first-order valence-corrected chi connectivity index (χ1v) is 13.5. The number of fused-ring (bicyclic) bond motifs is 2. The zero-order valence-corrected chi connectivity index (χ0v) is 21.4. The number of aliphatic hydroxyl groups excluding tert-OH is 1. The highest BCUT2D eigenvalue weighted by atomic mass is 16.3. The standard InChI is InChI=1S/C30H48O/c1-20(2)9-8-10-21(3)22-13-15-28(7)24-12-11-23-26(4,5)25(31)14-16-29(23)19-30(24,29)18-17-27(22,28)6/h23-25,31H,1,8-19H2,2-7H3. The van der Waals surface area contributed by atoms with Crippen molar-refractivity contribution >= 4 is 0 Å². The Bertz CT molecular complexity index is 818. The predicted molar refractivity (Wildman–Crippen MR) is 131 cm³/mol. The summed E-state index contributed by atoms with van der Waals surface area (Å²) in [6.07, 6.45) is 15.8. The molecule has 1 nitrogen and oxygen atoms in total. The molecule has 5 fully saturated rings. The van der Waals surface area contributed by atoms with Crippen LogP contribution in [-0.4, -0.2) is 11.2 Å². The van der Waals surface area contributed by atoms with E-state index < -0.39 is 0 Å². The van der Waals surface area contributed by atoms with Crippen molar-refractivity contribution in [3.8, 4) is 0 Å². The highest BCUT2D eigenvalue weighted by molar-refractivity contribution is 5.37. The van der Waals surface area contributed by atoms with Crippen LogP contribution in [0.1, 0.15) is 119 Å². The third-order valence-electron chi connectivity index (χ3n) is 12.5. The Morgan fingerprint density at radius 1 is 0.903 bits per heavy atom. The van der Waals surface area contributed by atoms with E-state index in [1.165, 1.54) is 76.2 Å². The van der Waals surface area contributed by atoms with Gasteiger partial charge in [-0.3, -0.25) is 0 Å². The smallest absolute Gasteiger partial charge is 0.0594 e. The second kappa shape index (κ2) is 6.74. The summed E-state index contributed by atoms with van der Waals surface area (Å²) in [6.45, 7) is 18.9. The van der Waals surface area contributed by atoms with Gasteiger partial charge in [-0.15, -0.1) is 6.58 Å². The molecule has 0 aliphatic heterocycles. The summed E-state index contributed by atoms with van der Waals surface area (Å²) in [6, 6.07) is 0. The zero-order chi connectivity index (χ0) is 22.4. The van der Waals surface area contributed by atoms with Gasteiger partial charge < -0.3 is 5.11 Å². The minimum Gasteiger partial charge on any atom is -0.393 e. The largest absolute Gasteiger partial charge is 0.393 e. The highest BCUT2D eigenvalue weighted by Gasteiger charge is 2.81. The third-order valence-corrected chi connectivity index (χ3v) is 12.5. The molecule has 5 aliphatic rings. The molecule has 1 heteroatoms. The second-order valence-corrected chi connectivity index (χ2v) is 13.9. The van der Waals surface area contributed by atoms with Gasteiger partial charge in [0, 0.05) is 0 Å². The summed E-state index contributed by atoms with van der Waals surface area (Å²) in [5, 5.41) is 10.8. The van der Waals surface area contributed by atoms with Crippen molar-refractivity contribution in [1.82, 2.24) is 0 Å². The molecule has 0 bridgehead atoms. The minimum atomic E-state index is -0.0929. The summed E-state index contributed by atoms with van der Waals surface area (Å²) in [4.78, 5) is 0. The van der Waals surface area contributed by atoms with E-state index in [9.17, 15) is 5.11 Å². The van der Waals surface area contributed by atoms with E-state index in [4.69, 9.17) is 0 Å². The van der Waals surface area contributed by atoms with E-state index in [2.05, 4.69) is 48.1 Å². The minimum absolute atomic E-state index is 0.0929.